The molecule has 0 fully saturated rings. The van der Waals surface area contributed by atoms with Crippen LogP contribution in [0.4, 0.5) is 0 Å². The van der Waals surface area contributed by atoms with Crippen molar-refractivity contribution in [2.75, 3.05) is 27.7 Å². The molecule has 0 radical (unpaired) electrons. The number of ether oxygens (including phenoxy) is 2. The van der Waals surface area contributed by atoms with Gasteiger partial charge in [0.05, 0.1) is 13.5 Å². The molecule has 0 aliphatic carbocycles. The maximum absolute atomic E-state index is 11.9. The fourth-order valence-electron chi connectivity index (χ4n) is 1.35. The van der Waals surface area contributed by atoms with Gasteiger partial charge >= 0.3 is 13.6 Å². The minimum Gasteiger partial charge on any atom is -0.481 e. The Morgan fingerprint density at radius 2 is 1.79 bits per heavy atom. The van der Waals surface area contributed by atoms with E-state index in [2.05, 4.69) is 4.74 Å². The molecule has 0 unspecified atom stereocenters. The van der Waals surface area contributed by atoms with E-state index in [1.165, 1.54) is 21.3 Å². The van der Waals surface area contributed by atoms with Crippen LogP contribution in [0.15, 0.2) is 24.3 Å². The normalized spacial score (nSPS) is 11.1. The van der Waals surface area contributed by atoms with Crippen molar-refractivity contribution in [1.82, 2.24) is 0 Å². The SMILES string of the molecule is COC(=O)Cc1ccccc1OCP(=O)(OC)OC. The number of hydrogen-bond acceptors (Lipinski definition) is 6. The maximum atomic E-state index is 11.9. The molecule has 0 atom stereocenters. The van der Waals surface area contributed by atoms with Gasteiger partial charge in [-0.25, -0.2) is 0 Å². The third-order valence-corrected chi connectivity index (χ3v) is 4.03. The van der Waals surface area contributed by atoms with Crippen LogP contribution in [-0.4, -0.2) is 33.6 Å². The van der Waals surface area contributed by atoms with E-state index < -0.39 is 7.60 Å². The largest absolute Gasteiger partial charge is 0.481 e. The van der Waals surface area contributed by atoms with Gasteiger partial charge < -0.3 is 18.5 Å². The molecule has 0 N–H and O–H groups in total. The molecule has 1 aromatic carbocycles. The highest BCUT2D eigenvalue weighted by molar-refractivity contribution is 7.53. The molecule has 0 saturated heterocycles. The zero-order valence-electron chi connectivity index (χ0n) is 11.1. The summed E-state index contributed by atoms with van der Waals surface area (Å²) in [4.78, 5) is 11.3. The minimum absolute atomic E-state index is 0.0803. The number of esters is 1. The Balaban J connectivity index is 2.78. The summed E-state index contributed by atoms with van der Waals surface area (Å²) in [6.07, 6.45) is -0.144. The quantitative estimate of drug-likeness (QED) is 0.566. The van der Waals surface area contributed by atoms with Crippen molar-refractivity contribution in [2.24, 2.45) is 0 Å². The molecular formula is C12H17O6P. The van der Waals surface area contributed by atoms with Gasteiger partial charge in [-0.3, -0.25) is 9.36 Å². The van der Waals surface area contributed by atoms with Gasteiger partial charge in [0.15, 0.2) is 6.35 Å². The Kier molecular flexibility index (Phi) is 6.02. The Bertz CT molecular complexity index is 465. The Morgan fingerprint density at radius 3 is 2.37 bits per heavy atom. The minimum atomic E-state index is -3.25. The third kappa shape index (κ3) is 4.67. The van der Waals surface area contributed by atoms with Crippen LogP contribution < -0.4 is 4.74 Å². The van der Waals surface area contributed by atoms with Gasteiger partial charge in [-0.2, -0.15) is 0 Å². The number of hydrogen-bond donors (Lipinski definition) is 0. The highest BCUT2D eigenvalue weighted by atomic mass is 31.2. The summed E-state index contributed by atoms with van der Waals surface area (Å²) in [7, 11) is 0.641. The molecule has 0 bridgehead atoms. The Labute approximate surface area is 112 Å². The number of para-hydroxylation sites is 1. The van der Waals surface area contributed by atoms with E-state index in [1.54, 1.807) is 24.3 Å². The van der Waals surface area contributed by atoms with Gasteiger partial charge in [0.25, 0.3) is 0 Å². The van der Waals surface area contributed by atoms with Crippen molar-refractivity contribution in [2.45, 2.75) is 6.42 Å². The molecule has 0 aromatic heterocycles. The zero-order chi connectivity index (χ0) is 14.3. The molecule has 106 valence electrons. The lowest BCUT2D eigenvalue weighted by molar-refractivity contribution is -0.139. The van der Waals surface area contributed by atoms with Gasteiger partial charge in [-0.1, -0.05) is 18.2 Å². The van der Waals surface area contributed by atoms with Crippen LogP contribution >= 0.6 is 7.60 Å². The van der Waals surface area contributed by atoms with Crippen LogP contribution in [0, 0.1) is 0 Å². The van der Waals surface area contributed by atoms with Crippen LogP contribution in [0.1, 0.15) is 5.56 Å². The summed E-state index contributed by atoms with van der Waals surface area (Å²) in [6, 6.07) is 6.93. The van der Waals surface area contributed by atoms with Gasteiger partial charge in [0.1, 0.15) is 5.75 Å². The molecule has 0 heterocycles. The number of benzene rings is 1. The lowest BCUT2D eigenvalue weighted by atomic mass is 10.1. The number of rotatable bonds is 7. The molecule has 0 aliphatic heterocycles. The van der Waals surface area contributed by atoms with E-state index in [4.69, 9.17) is 13.8 Å². The lowest BCUT2D eigenvalue weighted by Crippen LogP contribution is -2.08. The third-order valence-electron chi connectivity index (χ3n) is 2.47. The van der Waals surface area contributed by atoms with E-state index in [9.17, 15) is 9.36 Å². The molecule has 1 rings (SSSR count). The summed E-state index contributed by atoms with van der Waals surface area (Å²) >= 11 is 0. The summed E-state index contributed by atoms with van der Waals surface area (Å²) < 4.78 is 31.4. The topological polar surface area (TPSA) is 71.1 Å². The van der Waals surface area contributed by atoms with Crippen LogP contribution in [0.2, 0.25) is 0 Å². The Morgan fingerprint density at radius 1 is 1.16 bits per heavy atom. The smallest absolute Gasteiger partial charge is 0.367 e. The van der Waals surface area contributed by atoms with Crippen molar-refractivity contribution in [3.05, 3.63) is 29.8 Å². The second kappa shape index (κ2) is 7.28. The molecule has 0 aliphatic rings. The van der Waals surface area contributed by atoms with E-state index in [0.717, 1.165) is 0 Å². The highest BCUT2D eigenvalue weighted by Gasteiger charge is 2.22. The first-order chi connectivity index (χ1) is 9.04. The standard InChI is InChI=1S/C12H17O6P/c1-15-12(13)8-10-6-4-5-7-11(10)18-9-19(14,16-2)17-3/h4-7H,8-9H2,1-3H3. The fraction of sp³-hybridized carbons (Fsp3) is 0.417. The summed E-state index contributed by atoms with van der Waals surface area (Å²) in [5.74, 6) is 0.0694. The molecule has 0 spiro atoms. The van der Waals surface area contributed by atoms with E-state index in [1.807, 2.05) is 0 Å². The highest BCUT2D eigenvalue weighted by Crippen LogP contribution is 2.46. The average Bonchev–Trinajstić information content (AvgIpc) is 2.45. The second-order valence-electron chi connectivity index (χ2n) is 3.61. The van der Waals surface area contributed by atoms with Gasteiger partial charge in [0.2, 0.25) is 0 Å². The van der Waals surface area contributed by atoms with Gasteiger partial charge in [0, 0.05) is 19.8 Å². The molecule has 19 heavy (non-hydrogen) atoms. The number of methoxy groups -OCH3 is 1. The Hall–Kier alpha value is -1.36. The summed E-state index contributed by atoms with van der Waals surface area (Å²) in [6.45, 7) is 0. The van der Waals surface area contributed by atoms with E-state index in [-0.39, 0.29) is 18.7 Å². The second-order valence-corrected chi connectivity index (χ2v) is 5.82. The molecule has 1 aromatic rings. The molecule has 0 saturated carbocycles. The van der Waals surface area contributed by atoms with Crippen LogP contribution in [0.3, 0.4) is 0 Å². The first-order valence-corrected chi connectivity index (χ1v) is 7.25. The molecule has 7 heteroatoms. The van der Waals surface area contributed by atoms with Crippen molar-refractivity contribution in [1.29, 1.82) is 0 Å². The lowest BCUT2D eigenvalue weighted by Gasteiger charge is -2.16. The van der Waals surface area contributed by atoms with Gasteiger partial charge in [-0.15, -0.1) is 0 Å². The molecule has 6 nitrogen and oxygen atoms in total. The molecule has 0 amide bonds. The summed E-state index contributed by atoms with van der Waals surface area (Å²) in [5, 5.41) is 0. The maximum Gasteiger partial charge on any atom is 0.367 e. The zero-order valence-corrected chi connectivity index (χ0v) is 12.0. The van der Waals surface area contributed by atoms with Crippen molar-refractivity contribution < 1.29 is 27.9 Å². The summed E-state index contributed by atoms with van der Waals surface area (Å²) in [5.41, 5.74) is 0.646. The van der Waals surface area contributed by atoms with Crippen LogP contribution in [0.25, 0.3) is 0 Å². The van der Waals surface area contributed by atoms with E-state index in [0.29, 0.717) is 11.3 Å². The van der Waals surface area contributed by atoms with Crippen molar-refractivity contribution in [3.8, 4) is 5.75 Å². The van der Waals surface area contributed by atoms with Crippen LogP contribution in [0.5, 0.6) is 5.75 Å². The fourth-order valence-corrected chi connectivity index (χ4v) is 2.00. The predicted octanol–water partition coefficient (Wildman–Crippen LogP) is 2.22. The monoisotopic (exact) mass is 288 g/mol. The van der Waals surface area contributed by atoms with Crippen LogP contribution in [-0.2, 0) is 29.6 Å². The number of carbonyl (C=O) groups excluding carboxylic acids is 1. The van der Waals surface area contributed by atoms with Gasteiger partial charge in [-0.05, 0) is 6.07 Å². The van der Waals surface area contributed by atoms with E-state index >= 15 is 0 Å². The predicted molar refractivity (Wildman–Crippen MR) is 69.3 cm³/mol. The first kappa shape index (κ1) is 15.7. The first-order valence-electron chi connectivity index (χ1n) is 5.52. The van der Waals surface area contributed by atoms with Crippen molar-refractivity contribution in [3.63, 3.8) is 0 Å². The molecular weight excluding hydrogens is 271 g/mol. The average molecular weight is 288 g/mol. The van der Waals surface area contributed by atoms with Crippen molar-refractivity contribution >= 4 is 13.6 Å². The number of carbonyl (C=O) groups is 1.